The van der Waals surface area contributed by atoms with Crippen molar-refractivity contribution in [2.45, 2.75) is 20.3 Å². The summed E-state index contributed by atoms with van der Waals surface area (Å²) in [6.45, 7) is 4.37. The summed E-state index contributed by atoms with van der Waals surface area (Å²) < 4.78 is 5.14. The van der Waals surface area contributed by atoms with Crippen LogP contribution in [-0.4, -0.2) is 10.3 Å². The summed E-state index contributed by atoms with van der Waals surface area (Å²) in [5.41, 5.74) is 0.250. The van der Waals surface area contributed by atoms with Gasteiger partial charge >= 0.3 is 0 Å². The van der Waals surface area contributed by atoms with Crippen molar-refractivity contribution in [1.82, 2.24) is 4.98 Å². The van der Waals surface area contributed by atoms with Gasteiger partial charge in [-0.2, -0.15) is 0 Å². The monoisotopic (exact) mass is 217 g/mol. The van der Waals surface area contributed by atoms with E-state index in [2.05, 4.69) is 34.8 Å². The van der Waals surface area contributed by atoms with Gasteiger partial charge in [-0.15, -0.1) is 0 Å². The second-order valence-electron chi connectivity index (χ2n) is 3.44. The van der Waals surface area contributed by atoms with Crippen molar-refractivity contribution >= 4 is 15.9 Å². The molecule has 0 saturated carbocycles. The fourth-order valence-electron chi connectivity index (χ4n) is 0.848. The van der Waals surface area contributed by atoms with Gasteiger partial charge in [-0.05, 0) is 5.41 Å². The first kappa shape index (κ1) is 8.78. The van der Waals surface area contributed by atoms with Crippen LogP contribution >= 0.6 is 15.9 Å². The molecule has 0 atom stereocenters. The van der Waals surface area contributed by atoms with Gasteiger partial charge in [0.2, 0.25) is 0 Å². The maximum atomic E-state index is 5.14. The van der Waals surface area contributed by atoms with Crippen molar-refractivity contribution in [2.24, 2.45) is 5.41 Å². The summed E-state index contributed by atoms with van der Waals surface area (Å²) in [5.74, 6) is 0.953. The van der Waals surface area contributed by atoms with E-state index >= 15 is 0 Å². The molecule has 1 rings (SSSR count). The minimum atomic E-state index is 0.250. The van der Waals surface area contributed by atoms with Crippen molar-refractivity contribution < 1.29 is 4.42 Å². The minimum absolute atomic E-state index is 0.250. The maximum absolute atomic E-state index is 5.14. The van der Waals surface area contributed by atoms with Crippen molar-refractivity contribution in [3.05, 3.63) is 18.4 Å². The Labute approximate surface area is 75.1 Å². The van der Waals surface area contributed by atoms with Gasteiger partial charge in [-0.3, -0.25) is 0 Å². The number of hydrogen-bond donors (Lipinski definition) is 0. The second-order valence-corrected chi connectivity index (χ2v) is 4.00. The summed E-state index contributed by atoms with van der Waals surface area (Å²) in [6, 6.07) is 0. The third kappa shape index (κ3) is 2.66. The largest absolute Gasteiger partial charge is 0.449 e. The van der Waals surface area contributed by atoms with Crippen LogP contribution in [-0.2, 0) is 6.42 Å². The Morgan fingerprint density at radius 2 is 2.36 bits per heavy atom. The molecule has 1 aromatic heterocycles. The molecule has 0 saturated heterocycles. The Bertz CT molecular complexity index is 206. The van der Waals surface area contributed by atoms with Gasteiger partial charge in [0, 0.05) is 11.8 Å². The Morgan fingerprint density at radius 1 is 1.64 bits per heavy atom. The molecule has 0 bridgehead atoms. The molecule has 0 unspecified atom stereocenters. The standard InChI is InChI=1S/C8H12BrNO/c1-8(2,5-9)3-7-4-10-6-11-7/h4,6H,3,5H2,1-2H3. The lowest BCUT2D eigenvalue weighted by Crippen LogP contribution is -2.15. The second kappa shape index (κ2) is 3.39. The van der Waals surface area contributed by atoms with Crippen LogP contribution in [0.15, 0.2) is 17.0 Å². The third-order valence-corrected chi connectivity index (χ3v) is 3.02. The number of alkyl halides is 1. The van der Waals surface area contributed by atoms with Crippen LogP contribution in [0, 0.1) is 5.41 Å². The van der Waals surface area contributed by atoms with Crippen molar-refractivity contribution in [1.29, 1.82) is 0 Å². The van der Waals surface area contributed by atoms with E-state index in [1.807, 2.05) is 0 Å². The van der Waals surface area contributed by atoms with Gasteiger partial charge in [-0.1, -0.05) is 29.8 Å². The fraction of sp³-hybridized carbons (Fsp3) is 0.625. The van der Waals surface area contributed by atoms with Crippen LogP contribution in [0.2, 0.25) is 0 Å². The van der Waals surface area contributed by atoms with E-state index in [1.54, 1.807) is 6.20 Å². The van der Waals surface area contributed by atoms with Crippen LogP contribution in [0.5, 0.6) is 0 Å². The lowest BCUT2D eigenvalue weighted by molar-refractivity contribution is 0.372. The van der Waals surface area contributed by atoms with Gasteiger partial charge < -0.3 is 4.42 Å². The van der Waals surface area contributed by atoms with E-state index in [0.29, 0.717) is 0 Å². The Hall–Kier alpha value is -0.310. The topological polar surface area (TPSA) is 26.0 Å². The molecule has 0 amide bonds. The molecule has 11 heavy (non-hydrogen) atoms. The Balaban J connectivity index is 2.56. The summed E-state index contributed by atoms with van der Waals surface area (Å²) in [6.07, 6.45) is 4.17. The SMILES string of the molecule is CC(C)(CBr)Cc1cnco1. The summed E-state index contributed by atoms with van der Waals surface area (Å²) in [5, 5.41) is 0.973. The first-order valence-electron chi connectivity index (χ1n) is 3.57. The average Bonchev–Trinajstić information content (AvgIpc) is 2.39. The third-order valence-electron chi connectivity index (χ3n) is 1.50. The quantitative estimate of drug-likeness (QED) is 0.729. The van der Waals surface area contributed by atoms with Crippen LogP contribution in [0.1, 0.15) is 19.6 Å². The number of aromatic nitrogens is 1. The van der Waals surface area contributed by atoms with Gasteiger partial charge in [0.05, 0.1) is 6.20 Å². The molecule has 2 nitrogen and oxygen atoms in total. The molecule has 1 heterocycles. The van der Waals surface area contributed by atoms with Crippen LogP contribution in [0.25, 0.3) is 0 Å². The molecular weight excluding hydrogens is 206 g/mol. The predicted molar refractivity (Wildman–Crippen MR) is 47.8 cm³/mol. The number of nitrogens with zero attached hydrogens (tertiary/aromatic N) is 1. The van der Waals surface area contributed by atoms with Gasteiger partial charge in [0.25, 0.3) is 0 Å². The number of hydrogen-bond acceptors (Lipinski definition) is 2. The molecule has 0 radical (unpaired) electrons. The van der Waals surface area contributed by atoms with Crippen LogP contribution in [0.3, 0.4) is 0 Å². The average molecular weight is 218 g/mol. The lowest BCUT2D eigenvalue weighted by atomic mass is 9.91. The smallest absolute Gasteiger partial charge is 0.180 e. The highest BCUT2D eigenvalue weighted by Crippen LogP contribution is 2.23. The van der Waals surface area contributed by atoms with Gasteiger partial charge in [-0.25, -0.2) is 4.98 Å². The van der Waals surface area contributed by atoms with Crippen molar-refractivity contribution in [3.63, 3.8) is 0 Å². The van der Waals surface area contributed by atoms with E-state index in [4.69, 9.17) is 4.42 Å². The number of rotatable bonds is 3. The number of oxazole rings is 1. The molecule has 0 spiro atoms. The predicted octanol–water partition coefficient (Wildman–Crippen LogP) is 2.64. The molecule has 62 valence electrons. The first-order chi connectivity index (χ1) is 5.14. The molecule has 3 heteroatoms. The van der Waals surface area contributed by atoms with Crippen molar-refractivity contribution in [3.8, 4) is 0 Å². The fourth-order valence-corrected chi connectivity index (χ4v) is 1.05. The van der Waals surface area contributed by atoms with E-state index < -0.39 is 0 Å². The maximum Gasteiger partial charge on any atom is 0.180 e. The molecule has 0 aliphatic carbocycles. The molecule has 0 aromatic carbocycles. The normalized spacial score (nSPS) is 11.9. The Kier molecular flexibility index (Phi) is 2.71. The number of halogens is 1. The lowest BCUT2D eigenvalue weighted by Gasteiger charge is -2.18. The van der Waals surface area contributed by atoms with Crippen LogP contribution in [0.4, 0.5) is 0 Å². The van der Waals surface area contributed by atoms with E-state index in [9.17, 15) is 0 Å². The van der Waals surface area contributed by atoms with E-state index in [1.165, 1.54) is 6.39 Å². The summed E-state index contributed by atoms with van der Waals surface area (Å²) in [7, 11) is 0. The molecule has 0 fully saturated rings. The minimum Gasteiger partial charge on any atom is -0.449 e. The zero-order chi connectivity index (χ0) is 8.32. The van der Waals surface area contributed by atoms with Crippen molar-refractivity contribution in [2.75, 3.05) is 5.33 Å². The van der Waals surface area contributed by atoms with Crippen LogP contribution < -0.4 is 0 Å². The van der Waals surface area contributed by atoms with E-state index in [0.717, 1.165) is 17.5 Å². The summed E-state index contributed by atoms with van der Waals surface area (Å²) >= 11 is 3.45. The van der Waals surface area contributed by atoms with E-state index in [-0.39, 0.29) is 5.41 Å². The van der Waals surface area contributed by atoms with Gasteiger partial charge in [0.15, 0.2) is 6.39 Å². The highest BCUT2D eigenvalue weighted by Gasteiger charge is 2.18. The molecule has 0 N–H and O–H groups in total. The first-order valence-corrected chi connectivity index (χ1v) is 4.69. The summed E-state index contributed by atoms with van der Waals surface area (Å²) in [4.78, 5) is 3.86. The molecule has 0 aliphatic heterocycles. The molecule has 1 aromatic rings. The zero-order valence-corrected chi connectivity index (χ0v) is 8.39. The highest BCUT2D eigenvalue weighted by molar-refractivity contribution is 9.09. The zero-order valence-electron chi connectivity index (χ0n) is 6.80. The highest BCUT2D eigenvalue weighted by atomic mass is 79.9. The van der Waals surface area contributed by atoms with Gasteiger partial charge in [0.1, 0.15) is 5.76 Å². The Morgan fingerprint density at radius 3 is 2.82 bits per heavy atom. The molecular formula is C8H12BrNO. The molecule has 0 aliphatic rings.